The molecule has 0 radical (unpaired) electrons. The first-order valence-electron chi connectivity index (χ1n) is 7.85. The Morgan fingerprint density at radius 3 is 2.62 bits per heavy atom. The molecule has 0 aliphatic heterocycles. The fourth-order valence-electron chi connectivity index (χ4n) is 2.51. The van der Waals surface area contributed by atoms with E-state index in [0.29, 0.717) is 23.1 Å². The standard InChI is InChI=1S/C19H14BrN5O/c20-12-6-8-13(9-7-12)26-19-17(21)18(23-11-24-19)25-16-5-1-4-15-14(16)3-2-10-22-15/h1-11H,21H2,(H,23,24,25). The van der Waals surface area contributed by atoms with E-state index in [0.717, 1.165) is 21.1 Å². The van der Waals surface area contributed by atoms with E-state index < -0.39 is 0 Å². The van der Waals surface area contributed by atoms with Crippen LogP contribution < -0.4 is 15.8 Å². The monoisotopic (exact) mass is 407 g/mol. The fourth-order valence-corrected chi connectivity index (χ4v) is 2.78. The van der Waals surface area contributed by atoms with Crippen molar-refractivity contribution in [3.05, 3.63) is 71.6 Å². The molecule has 0 aliphatic carbocycles. The molecule has 0 spiro atoms. The molecule has 7 heteroatoms. The highest BCUT2D eigenvalue weighted by Crippen LogP contribution is 2.33. The van der Waals surface area contributed by atoms with Gasteiger partial charge in [0.25, 0.3) is 0 Å². The third kappa shape index (κ3) is 3.29. The zero-order valence-corrected chi connectivity index (χ0v) is 15.1. The van der Waals surface area contributed by atoms with Crippen LogP contribution >= 0.6 is 15.9 Å². The van der Waals surface area contributed by atoms with Crippen LogP contribution in [0.5, 0.6) is 11.6 Å². The number of nitrogen functional groups attached to an aromatic ring is 1. The molecule has 0 saturated carbocycles. The topological polar surface area (TPSA) is 86.0 Å². The SMILES string of the molecule is Nc1c(Nc2cccc3ncccc23)ncnc1Oc1ccc(Br)cc1. The summed E-state index contributed by atoms with van der Waals surface area (Å²) in [6, 6.07) is 17.1. The molecule has 0 atom stereocenters. The molecule has 0 saturated heterocycles. The molecular weight excluding hydrogens is 394 g/mol. The lowest BCUT2D eigenvalue weighted by atomic mass is 10.2. The molecule has 2 aromatic heterocycles. The highest BCUT2D eigenvalue weighted by atomic mass is 79.9. The first-order chi connectivity index (χ1) is 12.7. The zero-order valence-electron chi connectivity index (χ0n) is 13.6. The third-order valence-electron chi connectivity index (χ3n) is 3.77. The van der Waals surface area contributed by atoms with E-state index in [1.54, 1.807) is 6.20 Å². The van der Waals surface area contributed by atoms with Gasteiger partial charge in [-0.2, -0.15) is 4.98 Å². The van der Waals surface area contributed by atoms with E-state index in [-0.39, 0.29) is 0 Å². The van der Waals surface area contributed by atoms with Crippen molar-refractivity contribution in [3.8, 4) is 11.6 Å². The van der Waals surface area contributed by atoms with Gasteiger partial charge in [-0.1, -0.05) is 22.0 Å². The number of hydrogen-bond acceptors (Lipinski definition) is 6. The van der Waals surface area contributed by atoms with Gasteiger partial charge < -0.3 is 15.8 Å². The number of benzene rings is 2. The van der Waals surface area contributed by atoms with Crippen LogP contribution in [0.15, 0.2) is 71.6 Å². The van der Waals surface area contributed by atoms with Gasteiger partial charge in [-0.25, -0.2) is 4.98 Å². The van der Waals surface area contributed by atoms with Gasteiger partial charge in [0.15, 0.2) is 5.82 Å². The molecule has 26 heavy (non-hydrogen) atoms. The van der Waals surface area contributed by atoms with Crippen LogP contribution in [0.25, 0.3) is 10.9 Å². The van der Waals surface area contributed by atoms with Gasteiger partial charge in [-0.15, -0.1) is 0 Å². The van der Waals surface area contributed by atoms with Crippen molar-refractivity contribution >= 4 is 44.0 Å². The summed E-state index contributed by atoms with van der Waals surface area (Å²) < 4.78 is 6.75. The van der Waals surface area contributed by atoms with Crippen LogP contribution in [-0.2, 0) is 0 Å². The number of hydrogen-bond donors (Lipinski definition) is 2. The lowest BCUT2D eigenvalue weighted by Gasteiger charge is -2.13. The average Bonchev–Trinajstić information content (AvgIpc) is 2.67. The Hall–Kier alpha value is -3.19. The van der Waals surface area contributed by atoms with Crippen molar-refractivity contribution < 1.29 is 4.74 Å². The van der Waals surface area contributed by atoms with Gasteiger partial charge in [0.1, 0.15) is 17.8 Å². The summed E-state index contributed by atoms with van der Waals surface area (Å²) in [6.07, 6.45) is 3.17. The Kier molecular flexibility index (Phi) is 4.37. The number of nitrogens with one attached hydrogen (secondary N) is 1. The fraction of sp³-hybridized carbons (Fsp3) is 0. The van der Waals surface area contributed by atoms with Gasteiger partial charge in [0.2, 0.25) is 5.88 Å². The molecule has 0 aliphatic rings. The van der Waals surface area contributed by atoms with Crippen molar-refractivity contribution in [2.75, 3.05) is 11.1 Å². The Morgan fingerprint density at radius 1 is 0.923 bits per heavy atom. The summed E-state index contributed by atoms with van der Waals surface area (Å²) >= 11 is 3.39. The van der Waals surface area contributed by atoms with Crippen molar-refractivity contribution in [1.29, 1.82) is 0 Å². The summed E-state index contributed by atoms with van der Waals surface area (Å²) in [6.45, 7) is 0. The van der Waals surface area contributed by atoms with E-state index >= 15 is 0 Å². The van der Waals surface area contributed by atoms with Gasteiger partial charge in [0, 0.05) is 21.7 Å². The lowest BCUT2D eigenvalue weighted by Crippen LogP contribution is -2.03. The second-order valence-electron chi connectivity index (χ2n) is 5.50. The maximum Gasteiger partial charge on any atom is 0.248 e. The molecule has 0 fully saturated rings. The summed E-state index contributed by atoms with van der Waals surface area (Å²) in [7, 11) is 0. The molecule has 6 nitrogen and oxygen atoms in total. The normalized spacial score (nSPS) is 10.7. The molecule has 0 unspecified atom stereocenters. The second kappa shape index (κ2) is 6.97. The number of pyridine rings is 1. The number of fused-ring (bicyclic) bond motifs is 1. The number of nitrogens with two attached hydrogens (primary N) is 1. The number of nitrogens with zero attached hydrogens (tertiary/aromatic N) is 3. The Bertz CT molecular complexity index is 1060. The van der Waals surface area contributed by atoms with E-state index in [1.165, 1.54) is 6.33 Å². The number of halogens is 1. The molecule has 4 rings (SSSR count). The molecule has 0 bridgehead atoms. The van der Waals surface area contributed by atoms with Gasteiger partial charge >= 0.3 is 0 Å². The van der Waals surface area contributed by atoms with Gasteiger partial charge in [-0.05, 0) is 48.5 Å². The van der Waals surface area contributed by atoms with E-state index in [1.807, 2.05) is 54.6 Å². The molecule has 4 aromatic rings. The summed E-state index contributed by atoms with van der Waals surface area (Å²) in [4.78, 5) is 12.7. The number of anilines is 3. The maximum atomic E-state index is 6.22. The average molecular weight is 408 g/mol. The predicted molar refractivity (Wildman–Crippen MR) is 106 cm³/mol. The highest BCUT2D eigenvalue weighted by molar-refractivity contribution is 9.10. The minimum atomic E-state index is 0.295. The van der Waals surface area contributed by atoms with Crippen LogP contribution in [0.1, 0.15) is 0 Å². The lowest BCUT2D eigenvalue weighted by molar-refractivity contribution is 0.464. The number of rotatable bonds is 4. The Morgan fingerprint density at radius 2 is 1.77 bits per heavy atom. The number of ether oxygens (including phenoxy) is 1. The molecular formula is C19H14BrN5O. The summed E-state index contributed by atoms with van der Waals surface area (Å²) in [5.41, 5.74) is 8.29. The summed E-state index contributed by atoms with van der Waals surface area (Å²) in [5, 5.41) is 4.22. The minimum absolute atomic E-state index is 0.295. The zero-order chi connectivity index (χ0) is 17.9. The van der Waals surface area contributed by atoms with Gasteiger partial charge in [0.05, 0.1) is 5.52 Å². The van der Waals surface area contributed by atoms with Crippen molar-refractivity contribution in [2.24, 2.45) is 0 Å². The molecule has 128 valence electrons. The van der Waals surface area contributed by atoms with Crippen LogP contribution in [0.3, 0.4) is 0 Å². The van der Waals surface area contributed by atoms with Gasteiger partial charge in [-0.3, -0.25) is 4.98 Å². The van der Waals surface area contributed by atoms with Crippen molar-refractivity contribution in [3.63, 3.8) is 0 Å². The van der Waals surface area contributed by atoms with Crippen LogP contribution in [0.4, 0.5) is 17.2 Å². The summed E-state index contributed by atoms with van der Waals surface area (Å²) in [5.74, 6) is 1.41. The van der Waals surface area contributed by atoms with Crippen LogP contribution in [0.2, 0.25) is 0 Å². The highest BCUT2D eigenvalue weighted by Gasteiger charge is 2.12. The number of aromatic nitrogens is 3. The Labute approximate surface area is 158 Å². The third-order valence-corrected chi connectivity index (χ3v) is 4.30. The van der Waals surface area contributed by atoms with Crippen LogP contribution in [-0.4, -0.2) is 15.0 Å². The first kappa shape index (κ1) is 16.3. The molecule has 3 N–H and O–H groups in total. The van der Waals surface area contributed by atoms with E-state index in [4.69, 9.17) is 10.5 Å². The maximum absolute atomic E-state index is 6.22. The van der Waals surface area contributed by atoms with Crippen molar-refractivity contribution in [1.82, 2.24) is 15.0 Å². The smallest absolute Gasteiger partial charge is 0.248 e. The Balaban J connectivity index is 1.66. The molecule has 0 amide bonds. The second-order valence-corrected chi connectivity index (χ2v) is 6.41. The molecule has 2 aromatic carbocycles. The largest absolute Gasteiger partial charge is 0.437 e. The van der Waals surface area contributed by atoms with Crippen molar-refractivity contribution in [2.45, 2.75) is 0 Å². The molecule has 2 heterocycles. The first-order valence-corrected chi connectivity index (χ1v) is 8.65. The minimum Gasteiger partial charge on any atom is -0.437 e. The van der Waals surface area contributed by atoms with Crippen LogP contribution in [0, 0.1) is 0 Å². The quantitative estimate of drug-likeness (QED) is 0.499. The van der Waals surface area contributed by atoms with E-state index in [9.17, 15) is 0 Å². The predicted octanol–water partition coefficient (Wildman–Crippen LogP) is 4.91. The van der Waals surface area contributed by atoms with E-state index in [2.05, 4.69) is 36.2 Å².